The lowest BCUT2D eigenvalue weighted by molar-refractivity contribution is -0.149. The fraction of sp³-hybridized carbons (Fsp3) is 0.529. The summed E-state index contributed by atoms with van der Waals surface area (Å²) in [7, 11) is -3.44. The number of sulfonamides is 1. The third kappa shape index (κ3) is 5.74. The van der Waals surface area contributed by atoms with Crippen molar-refractivity contribution >= 4 is 27.6 Å². The van der Waals surface area contributed by atoms with Crippen molar-refractivity contribution in [3.8, 4) is 0 Å². The summed E-state index contributed by atoms with van der Waals surface area (Å²) in [5.41, 5.74) is -0.435. The molecule has 25 heavy (non-hydrogen) atoms. The third-order valence-corrected chi connectivity index (χ3v) is 5.76. The molecule has 0 unspecified atom stereocenters. The van der Waals surface area contributed by atoms with Gasteiger partial charge < -0.3 is 10.4 Å². The third-order valence-electron chi connectivity index (χ3n) is 4.27. The molecule has 7 nitrogen and oxygen atoms in total. The average molecular weight is 370 g/mol. The van der Waals surface area contributed by atoms with Crippen LogP contribution in [-0.4, -0.2) is 37.7 Å². The van der Waals surface area contributed by atoms with Crippen molar-refractivity contribution in [1.29, 1.82) is 0 Å². The molecular weight excluding hydrogens is 344 g/mol. The number of rotatable bonds is 10. The fourth-order valence-corrected chi connectivity index (χ4v) is 3.58. The second-order valence-electron chi connectivity index (χ2n) is 5.98. The first-order valence-corrected chi connectivity index (χ1v) is 9.97. The molecule has 140 valence electrons. The van der Waals surface area contributed by atoms with Gasteiger partial charge in [0.05, 0.1) is 11.2 Å². The number of carboxylic acid groups (broad SMARTS) is 1. The second kappa shape index (κ2) is 8.84. The summed E-state index contributed by atoms with van der Waals surface area (Å²) in [6, 6.07) is 6.11. The Kier molecular flexibility index (Phi) is 7.41. The molecule has 3 N–H and O–H groups in total. The van der Waals surface area contributed by atoms with Crippen LogP contribution < -0.4 is 10.0 Å². The number of hydrogen-bond donors (Lipinski definition) is 3. The predicted molar refractivity (Wildman–Crippen MR) is 97.1 cm³/mol. The van der Waals surface area contributed by atoms with Gasteiger partial charge in [-0.25, -0.2) is 8.42 Å². The van der Waals surface area contributed by atoms with Crippen LogP contribution in [0.5, 0.6) is 0 Å². The van der Waals surface area contributed by atoms with Crippen molar-refractivity contribution in [2.75, 3.05) is 17.0 Å². The molecule has 0 atom stereocenters. The van der Waals surface area contributed by atoms with E-state index in [9.17, 15) is 23.1 Å². The van der Waals surface area contributed by atoms with Gasteiger partial charge in [0, 0.05) is 17.8 Å². The second-order valence-corrected chi connectivity index (χ2v) is 7.82. The minimum absolute atomic E-state index is 0.00242. The van der Waals surface area contributed by atoms with E-state index in [0.29, 0.717) is 24.9 Å². The molecule has 8 heteroatoms. The van der Waals surface area contributed by atoms with Gasteiger partial charge in [-0.3, -0.25) is 14.3 Å². The Hall–Kier alpha value is -2.09. The van der Waals surface area contributed by atoms with Gasteiger partial charge in [-0.2, -0.15) is 0 Å². The van der Waals surface area contributed by atoms with Gasteiger partial charge in [-0.05, 0) is 37.5 Å². The zero-order valence-electron chi connectivity index (χ0n) is 14.8. The summed E-state index contributed by atoms with van der Waals surface area (Å²) in [6.07, 6.45) is 1.28. The summed E-state index contributed by atoms with van der Waals surface area (Å²) in [5, 5.41) is 12.0. The maximum atomic E-state index is 12.3. The lowest BCUT2D eigenvalue weighted by Crippen LogP contribution is -2.42. The number of hydrogen-bond acceptors (Lipinski definition) is 4. The van der Waals surface area contributed by atoms with Gasteiger partial charge in [0.1, 0.15) is 0 Å². The first-order chi connectivity index (χ1) is 11.7. The zero-order chi connectivity index (χ0) is 19.1. The fourth-order valence-electron chi connectivity index (χ4n) is 2.45. The van der Waals surface area contributed by atoms with E-state index < -0.39 is 27.3 Å². The topological polar surface area (TPSA) is 113 Å². The van der Waals surface area contributed by atoms with Gasteiger partial charge in [0.2, 0.25) is 10.0 Å². The van der Waals surface area contributed by atoms with Crippen LogP contribution in [0.1, 0.15) is 50.4 Å². The Morgan fingerprint density at radius 2 is 1.80 bits per heavy atom. The summed E-state index contributed by atoms with van der Waals surface area (Å²) in [5.74, 6) is -1.39. The minimum Gasteiger partial charge on any atom is -0.481 e. The van der Waals surface area contributed by atoms with Crippen LogP contribution in [0.4, 0.5) is 5.69 Å². The maximum Gasteiger partial charge on any atom is 0.311 e. The Labute approximate surface area is 148 Å². The molecule has 0 spiro atoms. The van der Waals surface area contributed by atoms with Crippen LogP contribution in [0, 0.1) is 5.41 Å². The molecule has 0 heterocycles. The standard InChI is InChI=1S/C17H26N2O5S/c1-4-10-25(23,24)19-14-9-7-8-13(11-14)15(20)18-12-17(5-2,6-3)16(21)22/h7-9,11,19H,4-6,10,12H2,1-3H3,(H,18,20)(H,21,22). The summed E-state index contributed by atoms with van der Waals surface area (Å²) < 4.78 is 26.1. The SMILES string of the molecule is CCCS(=O)(=O)Nc1cccc(C(=O)NCC(CC)(CC)C(=O)O)c1. The molecule has 0 saturated heterocycles. The average Bonchev–Trinajstić information content (AvgIpc) is 2.55. The van der Waals surface area contributed by atoms with Crippen molar-refractivity contribution in [1.82, 2.24) is 5.32 Å². The molecule has 0 aliphatic heterocycles. The van der Waals surface area contributed by atoms with E-state index in [-0.39, 0.29) is 17.9 Å². The summed E-state index contributed by atoms with van der Waals surface area (Å²) in [4.78, 5) is 23.8. The van der Waals surface area contributed by atoms with Gasteiger partial charge >= 0.3 is 5.97 Å². The van der Waals surface area contributed by atoms with Crippen LogP contribution in [0.25, 0.3) is 0 Å². The monoisotopic (exact) mass is 370 g/mol. The van der Waals surface area contributed by atoms with Crippen LogP contribution in [0.3, 0.4) is 0 Å². The van der Waals surface area contributed by atoms with Gasteiger partial charge in [-0.15, -0.1) is 0 Å². The minimum atomic E-state index is -3.44. The summed E-state index contributed by atoms with van der Waals surface area (Å²) >= 11 is 0. The van der Waals surface area contributed by atoms with Crippen molar-refractivity contribution in [3.05, 3.63) is 29.8 Å². The Morgan fingerprint density at radius 3 is 2.32 bits per heavy atom. The van der Waals surface area contributed by atoms with E-state index >= 15 is 0 Å². The molecule has 0 radical (unpaired) electrons. The largest absolute Gasteiger partial charge is 0.481 e. The van der Waals surface area contributed by atoms with E-state index in [1.807, 2.05) is 0 Å². The van der Waals surface area contributed by atoms with E-state index in [2.05, 4.69) is 10.0 Å². The van der Waals surface area contributed by atoms with Gasteiger partial charge in [0.25, 0.3) is 5.91 Å². The predicted octanol–water partition coefficient (Wildman–Crippen LogP) is 2.46. The molecule has 0 fully saturated rings. The number of carboxylic acids is 1. The normalized spacial score (nSPS) is 11.8. The molecule has 1 amide bonds. The van der Waals surface area contributed by atoms with E-state index in [1.165, 1.54) is 6.07 Å². The molecule has 0 bridgehead atoms. The number of aliphatic carboxylic acids is 1. The van der Waals surface area contributed by atoms with Crippen LogP contribution in [0.15, 0.2) is 24.3 Å². The maximum absolute atomic E-state index is 12.3. The van der Waals surface area contributed by atoms with Gasteiger partial charge in [-0.1, -0.05) is 26.8 Å². The highest BCUT2D eigenvalue weighted by Gasteiger charge is 2.35. The number of anilines is 1. The zero-order valence-corrected chi connectivity index (χ0v) is 15.6. The Morgan fingerprint density at radius 1 is 1.16 bits per heavy atom. The van der Waals surface area contributed by atoms with Crippen molar-refractivity contribution in [3.63, 3.8) is 0 Å². The van der Waals surface area contributed by atoms with Crippen molar-refractivity contribution in [2.24, 2.45) is 5.41 Å². The van der Waals surface area contributed by atoms with Gasteiger partial charge in [0.15, 0.2) is 0 Å². The molecule has 0 aromatic heterocycles. The molecule has 0 saturated carbocycles. The van der Waals surface area contributed by atoms with Crippen molar-refractivity contribution in [2.45, 2.75) is 40.0 Å². The van der Waals surface area contributed by atoms with Crippen molar-refractivity contribution < 1.29 is 23.1 Å². The highest BCUT2D eigenvalue weighted by atomic mass is 32.2. The highest BCUT2D eigenvalue weighted by Crippen LogP contribution is 2.26. The lowest BCUT2D eigenvalue weighted by atomic mass is 9.82. The quantitative estimate of drug-likeness (QED) is 0.585. The molecule has 0 aliphatic carbocycles. The smallest absolute Gasteiger partial charge is 0.311 e. The molecule has 1 rings (SSSR count). The summed E-state index contributed by atoms with van der Waals surface area (Å²) in [6.45, 7) is 5.32. The number of benzene rings is 1. The molecule has 1 aromatic carbocycles. The lowest BCUT2D eigenvalue weighted by Gasteiger charge is -2.26. The first kappa shape index (κ1) is 21.0. The number of amides is 1. The molecule has 0 aliphatic rings. The number of carbonyl (C=O) groups is 2. The van der Waals surface area contributed by atoms with Crippen LogP contribution in [0.2, 0.25) is 0 Å². The molecular formula is C17H26N2O5S. The van der Waals surface area contributed by atoms with E-state index in [4.69, 9.17) is 0 Å². The first-order valence-electron chi connectivity index (χ1n) is 8.31. The van der Waals surface area contributed by atoms with E-state index in [0.717, 1.165) is 0 Å². The Bertz CT molecular complexity index is 712. The highest BCUT2D eigenvalue weighted by molar-refractivity contribution is 7.92. The van der Waals surface area contributed by atoms with Crippen LogP contribution in [-0.2, 0) is 14.8 Å². The number of carbonyl (C=O) groups excluding carboxylic acids is 1. The molecule has 1 aromatic rings. The van der Waals surface area contributed by atoms with Crippen LogP contribution >= 0.6 is 0 Å². The Balaban J connectivity index is 2.86. The number of nitrogens with one attached hydrogen (secondary N) is 2. The van der Waals surface area contributed by atoms with E-state index in [1.54, 1.807) is 39.0 Å².